The number of nitrogens with zero attached hydrogens (tertiary/aromatic N) is 2. The maximum atomic E-state index is 15.0. The van der Waals surface area contributed by atoms with Crippen LogP contribution in [0.5, 0.6) is 5.88 Å². The maximum absolute atomic E-state index is 15.0. The average Bonchev–Trinajstić information content (AvgIpc) is 3.76. The molecule has 1 heterocycles. The van der Waals surface area contributed by atoms with Crippen LogP contribution in [0.1, 0.15) is 58.6 Å². The Labute approximate surface area is 241 Å². The summed E-state index contributed by atoms with van der Waals surface area (Å²) in [6.45, 7) is 17.7. The Morgan fingerprint density at radius 1 is 1.20 bits per heavy atom. The van der Waals surface area contributed by atoms with Crippen molar-refractivity contribution in [3.63, 3.8) is 0 Å². The van der Waals surface area contributed by atoms with E-state index in [2.05, 4.69) is 56.3 Å². The third-order valence-corrected chi connectivity index (χ3v) is 8.42. The van der Waals surface area contributed by atoms with Crippen LogP contribution in [0.2, 0.25) is 0 Å². The Hall–Kier alpha value is -2.53. The van der Waals surface area contributed by atoms with Crippen molar-refractivity contribution in [2.24, 2.45) is 11.8 Å². The molecule has 5 nitrogen and oxygen atoms in total. The minimum Gasteiger partial charge on any atom is -0.489 e. The fraction of sp³-hybridized carbons (Fsp3) is 0.485. The molecule has 0 aliphatic heterocycles. The molecule has 0 saturated heterocycles. The second-order valence-electron chi connectivity index (χ2n) is 11.2. The number of hydrogen-bond acceptors (Lipinski definition) is 5. The van der Waals surface area contributed by atoms with Crippen molar-refractivity contribution in [3.8, 4) is 17.0 Å². The summed E-state index contributed by atoms with van der Waals surface area (Å²) in [5.41, 5.74) is 4.45. The van der Waals surface area contributed by atoms with E-state index < -0.39 is 8.15 Å². The van der Waals surface area contributed by atoms with Crippen molar-refractivity contribution < 1.29 is 18.8 Å². The topological polar surface area (TPSA) is 54.8 Å². The minimum absolute atomic E-state index is 0.313. The van der Waals surface area contributed by atoms with Gasteiger partial charge >= 0.3 is 0 Å². The molecular formula is C33H46FN2O3P. The Balaban J connectivity index is 1.91. The summed E-state index contributed by atoms with van der Waals surface area (Å²) >= 11 is 0. The van der Waals surface area contributed by atoms with Gasteiger partial charge in [-0.15, -0.1) is 0 Å². The van der Waals surface area contributed by atoms with Gasteiger partial charge in [-0.1, -0.05) is 30.9 Å². The first-order valence-corrected chi connectivity index (χ1v) is 16.1. The van der Waals surface area contributed by atoms with E-state index in [4.69, 9.17) is 9.47 Å². The molecule has 0 bridgehead atoms. The van der Waals surface area contributed by atoms with E-state index in [0.29, 0.717) is 48.5 Å². The summed E-state index contributed by atoms with van der Waals surface area (Å²) in [4.78, 5) is 16.5. The highest BCUT2D eigenvalue weighted by molar-refractivity contribution is 7.50. The van der Waals surface area contributed by atoms with Gasteiger partial charge in [0.1, 0.15) is 18.2 Å². The molecule has 1 aromatic carbocycles. The predicted octanol–water partition coefficient (Wildman–Crippen LogP) is 8.09. The van der Waals surface area contributed by atoms with Gasteiger partial charge in [0, 0.05) is 38.4 Å². The molecule has 0 amide bonds. The Bertz CT molecular complexity index is 1200. The van der Waals surface area contributed by atoms with Gasteiger partial charge in [0.25, 0.3) is 0 Å². The van der Waals surface area contributed by atoms with Gasteiger partial charge in [-0.25, -0.2) is 9.37 Å². The zero-order valence-electron chi connectivity index (χ0n) is 25.2. The van der Waals surface area contributed by atoms with Crippen LogP contribution in [-0.4, -0.2) is 46.8 Å². The van der Waals surface area contributed by atoms with Crippen LogP contribution in [0, 0.1) is 17.7 Å². The molecule has 1 saturated carbocycles. The third kappa shape index (κ3) is 8.73. The highest BCUT2D eigenvalue weighted by Crippen LogP contribution is 2.46. The van der Waals surface area contributed by atoms with Gasteiger partial charge in [0.15, 0.2) is 0 Å². The van der Waals surface area contributed by atoms with E-state index in [1.165, 1.54) is 26.1 Å². The van der Waals surface area contributed by atoms with E-state index >= 15 is 0 Å². The van der Waals surface area contributed by atoms with Crippen LogP contribution < -0.4 is 4.74 Å². The van der Waals surface area contributed by atoms with Crippen LogP contribution in [0.25, 0.3) is 11.1 Å². The molecule has 218 valence electrons. The molecule has 3 rings (SSSR count). The maximum Gasteiger partial charge on any atom is 0.213 e. The molecule has 2 aromatic rings. The lowest BCUT2D eigenvalue weighted by Gasteiger charge is -2.31. The summed E-state index contributed by atoms with van der Waals surface area (Å²) in [5.74, 6) is 1.71. The Morgan fingerprint density at radius 2 is 1.90 bits per heavy atom. The van der Waals surface area contributed by atoms with Crippen molar-refractivity contribution in [1.29, 1.82) is 0 Å². The van der Waals surface area contributed by atoms with Crippen LogP contribution in [0.15, 0.2) is 66.6 Å². The van der Waals surface area contributed by atoms with E-state index in [-0.39, 0.29) is 5.82 Å². The summed E-state index contributed by atoms with van der Waals surface area (Å²) in [7, 11) is 0.551. The quantitative estimate of drug-likeness (QED) is 0.134. The molecule has 40 heavy (non-hydrogen) atoms. The van der Waals surface area contributed by atoms with Crippen LogP contribution in [0.3, 0.4) is 0 Å². The number of halogens is 1. The number of methoxy groups -OCH3 is 1. The third-order valence-electron chi connectivity index (χ3n) is 7.49. The molecule has 1 aliphatic rings. The largest absolute Gasteiger partial charge is 0.489 e. The molecule has 7 heteroatoms. The molecule has 1 fully saturated rings. The Kier molecular flexibility index (Phi) is 11.9. The van der Waals surface area contributed by atoms with E-state index in [1.54, 1.807) is 6.07 Å². The second kappa shape index (κ2) is 14.9. The fourth-order valence-corrected chi connectivity index (χ4v) is 6.27. The van der Waals surface area contributed by atoms with Gasteiger partial charge in [-0.05, 0) is 107 Å². The first-order chi connectivity index (χ1) is 19.1. The Morgan fingerprint density at radius 3 is 2.45 bits per heavy atom. The zero-order valence-corrected chi connectivity index (χ0v) is 26.0. The van der Waals surface area contributed by atoms with Crippen LogP contribution >= 0.6 is 8.15 Å². The number of allylic oxidation sites excluding steroid dienone is 4. The van der Waals surface area contributed by atoms with E-state index in [0.717, 1.165) is 34.2 Å². The van der Waals surface area contributed by atoms with Gasteiger partial charge in [-0.2, -0.15) is 0 Å². The van der Waals surface area contributed by atoms with E-state index in [1.807, 2.05) is 37.9 Å². The van der Waals surface area contributed by atoms with Crippen molar-refractivity contribution in [2.75, 3.05) is 19.9 Å². The van der Waals surface area contributed by atoms with Crippen LogP contribution in [0.4, 0.5) is 4.39 Å². The van der Waals surface area contributed by atoms with Gasteiger partial charge < -0.3 is 14.4 Å². The molecule has 2 unspecified atom stereocenters. The number of aromatic nitrogens is 1. The average molecular weight is 569 g/mol. The molecule has 1 N–H and O–H groups in total. The fourth-order valence-electron chi connectivity index (χ4n) is 5.19. The van der Waals surface area contributed by atoms with Gasteiger partial charge in [-0.3, -0.25) is 4.90 Å². The molecule has 0 spiro atoms. The lowest BCUT2D eigenvalue weighted by atomic mass is 9.95. The van der Waals surface area contributed by atoms with Gasteiger partial charge in [0.05, 0.1) is 13.3 Å². The van der Waals surface area contributed by atoms with Crippen molar-refractivity contribution in [2.45, 2.75) is 72.7 Å². The lowest BCUT2D eigenvalue weighted by Crippen LogP contribution is -2.36. The molecule has 0 radical (unpaired) electrons. The van der Waals surface area contributed by atoms with Crippen molar-refractivity contribution in [3.05, 3.63) is 83.5 Å². The molecular weight excluding hydrogens is 522 g/mol. The first kappa shape index (κ1) is 32.0. The number of hydrogen-bond donors (Lipinski definition) is 1. The van der Waals surface area contributed by atoms with Gasteiger partial charge in [0.2, 0.25) is 5.88 Å². The molecule has 2 atom stereocenters. The summed E-state index contributed by atoms with van der Waals surface area (Å²) in [5, 5.41) is 0. The predicted molar refractivity (Wildman–Crippen MR) is 165 cm³/mol. The lowest BCUT2D eigenvalue weighted by molar-refractivity contribution is 0.166. The molecule has 1 aromatic heterocycles. The zero-order chi connectivity index (χ0) is 29.4. The standard InChI is InChI=1S/C33H46FN2O3P/c1-9-25(31(21-40(8)37)26-12-13-26)16-28(10-2)39-20-24-11-14-29(30-17-33(38-7)35-18-32(30)34)27(15-24)19-36(22(3)4)23(5)6/h9-11,14-18,22-23,26,31,37H,1,12-13,19-21H2,2-8H3/b25-16+,28-10+. The van der Waals surface area contributed by atoms with Crippen molar-refractivity contribution >= 4 is 8.15 Å². The number of ether oxygens (including phenoxy) is 2. The second-order valence-corrected chi connectivity index (χ2v) is 12.9. The summed E-state index contributed by atoms with van der Waals surface area (Å²) in [6, 6.07) is 8.39. The summed E-state index contributed by atoms with van der Waals surface area (Å²) < 4.78 is 26.6. The summed E-state index contributed by atoms with van der Waals surface area (Å²) in [6.07, 6.45) is 10.4. The highest BCUT2D eigenvalue weighted by atomic mass is 31.1. The highest BCUT2D eigenvalue weighted by Gasteiger charge is 2.33. The monoisotopic (exact) mass is 568 g/mol. The molecule has 1 aliphatic carbocycles. The van der Waals surface area contributed by atoms with E-state index in [9.17, 15) is 9.28 Å². The smallest absolute Gasteiger partial charge is 0.213 e. The first-order valence-electron chi connectivity index (χ1n) is 14.2. The van der Waals surface area contributed by atoms with Crippen molar-refractivity contribution in [1.82, 2.24) is 9.88 Å². The number of rotatable bonds is 15. The normalized spacial score (nSPS) is 16.0. The SMILES string of the molecule is C=C/C(=C\C(=C/C)OCc1ccc(-c2cc(OC)ncc2F)c(CN(C(C)C)C(C)C)c1)C(CP(C)O)C1CC1. The van der Waals surface area contributed by atoms with Crippen LogP contribution in [-0.2, 0) is 17.9 Å². The minimum atomic E-state index is -0.984. The number of benzene rings is 1. The number of pyridine rings is 1.